The molecule has 0 saturated heterocycles. The van der Waals surface area contributed by atoms with E-state index in [1.807, 2.05) is 0 Å². The van der Waals surface area contributed by atoms with Gasteiger partial charge in [0.05, 0.1) is 12.0 Å². The first-order chi connectivity index (χ1) is 14.7. The first kappa shape index (κ1) is 22.4. The maximum atomic E-state index is 13.8. The Morgan fingerprint density at radius 2 is 1.65 bits per heavy atom. The zero-order valence-corrected chi connectivity index (χ0v) is 17.6. The monoisotopic (exact) mass is 446 g/mol. The van der Waals surface area contributed by atoms with Gasteiger partial charge in [0.1, 0.15) is 23.1 Å². The maximum absolute atomic E-state index is 13.8. The van der Waals surface area contributed by atoms with Gasteiger partial charge in [-0.1, -0.05) is 24.3 Å². The molecule has 0 aliphatic rings. The van der Waals surface area contributed by atoms with E-state index < -0.39 is 33.3 Å². The third-order valence-electron chi connectivity index (χ3n) is 4.59. The van der Waals surface area contributed by atoms with Crippen molar-refractivity contribution in [2.75, 3.05) is 19.5 Å². The lowest BCUT2D eigenvalue weighted by atomic mass is 10.1. The van der Waals surface area contributed by atoms with Crippen molar-refractivity contribution in [1.82, 2.24) is 4.31 Å². The fourth-order valence-corrected chi connectivity index (χ4v) is 4.11. The number of anilines is 1. The Morgan fingerprint density at radius 1 is 1.00 bits per heavy atom. The molecule has 3 aromatic carbocycles. The normalized spacial score (nSPS) is 11.4. The van der Waals surface area contributed by atoms with Crippen LogP contribution in [0.5, 0.6) is 5.75 Å². The van der Waals surface area contributed by atoms with Gasteiger partial charge >= 0.3 is 0 Å². The molecule has 0 heterocycles. The van der Waals surface area contributed by atoms with Gasteiger partial charge in [-0.25, -0.2) is 17.2 Å². The lowest BCUT2D eigenvalue weighted by Crippen LogP contribution is -2.27. The van der Waals surface area contributed by atoms with E-state index in [2.05, 4.69) is 5.32 Å². The average molecular weight is 446 g/mol. The highest BCUT2D eigenvalue weighted by Gasteiger charge is 2.23. The van der Waals surface area contributed by atoms with E-state index in [9.17, 15) is 22.0 Å². The topological polar surface area (TPSA) is 75.7 Å². The molecule has 0 aromatic heterocycles. The number of rotatable bonds is 7. The van der Waals surface area contributed by atoms with Crippen molar-refractivity contribution in [3.63, 3.8) is 0 Å². The summed E-state index contributed by atoms with van der Waals surface area (Å²) >= 11 is 0. The van der Waals surface area contributed by atoms with E-state index >= 15 is 0 Å². The summed E-state index contributed by atoms with van der Waals surface area (Å²) in [4.78, 5) is 12.7. The summed E-state index contributed by atoms with van der Waals surface area (Å²) in [6.07, 6.45) is 0. The number of nitrogens with zero attached hydrogens (tertiary/aromatic N) is 1. The van der Waals surface area contributed by atoms with Crippen LogP contribution < -0.4 is 10.1 Å². The number of halogens is 2. The summed E-state index contributed by atoms with van der Waals surface area (Å²) in [5, 5.41) is 2.21. The van der Waals surface area contributed by atoms with E-state index in [4.69, 9.17) is 4.74 Å². The van der Waals surface area contributed by atoms with Crippen LogP contribution >= 0.6 is 0 Å². The van der Waals surface area contributed by atoms with Crippen molar-refractivity contribution >= 4 is 21.6 Å². The van der Waals surface area contributed by atoms with Gasteiger partial charge in [0.25, 0.3) is 5.91 Å². The Kier molecular flexibility index (Phi) is 6.67. The molecule has 0 saturated carbocycles. The van der Waals surface area contributed by atoms with Crippen molar-refractivity contribution < 1.29 is 26.7 Å². The minimum atomic E-state index is -3.78. The van der Waals surface area contributed by atoms with Crippen LogP contribution in [0, 0.1) is 11.6 Å². The number of benzene rings is 3. The van der Waals surface area contributed by atoms with Crippen molar-refractivity contribution in [2.45, 2.75) is 11.4 Å². The summed E-state index contributed by atoms with van der Waals surface area (Å²) in [5.74, 6) is -2.20. The number of carbonyl (C=O) groups excluding carboxylic acids is 1. The summed E-state index contributed by atoms with van der Waals surface area (Å²) in [6, 6.07) is 15.5. The summed E-state index contributed by atoms with van der Waals surface area (Å²) in [7, 11) is -0.955. The molecule has 0 aliphatic heterocycles. The number of methoxy groups -OCH3 is 1. The van der Waals surface area contributed by atoms with Crippen LogP contribution in [0.15, 0.2) is 71.6 Å². The van der Waals surface area contributed by atoms with Crippen LogP contribution in [0.3, 0.4) is 0 Å². The number of amides is 1. The highest BCUT2D eigenvalue weighted by molar-refractivity contribution is 7.89. The molecule has 0 unspecified atom stereocenters. The molecule has 1 N–H and O–H groups in total. The molecule has 0 atom stereocenters. The largest absolute Gasteiger partial charge is 0.496 e. The van der Waals surface area contributed by atoms with Gasteiger partial charge in [-0.15, -0.1) is 0 Å². The van der Waals surface area contributed by atoms with Crippen LogP contribution in [0.4, 0.5) is 14.5 Å². The third-order valence-corrected chi connectivity index (χ3v) is 6.41. The molecule has 0 spiro atoms. The fraction of sp³-hybridized carbons (Fsp3) is 0.136. The second-order valence-corrected chi connectivity index (χ2v) is 8.70. The highest BCUT2D eigenvalue weighted by atomic mass is 32.2. The Balaban J connectivity index is 1.88. The summed E-state index contributed by atoms with van der Waals surface area (Å²) in [6.45, 7) is -0.0877. The van der Waals surface area contributed by atoms with Crippen LogP contribution in [0.25, 0.3) is 0 Å². The summed E-state index contributed by atoms with van der Waals surface area (Å²) < 4.78 is 59.7. The molecule has 31 heavy (non-hydrogen) atoms. The van der Waals surface area contributed by atoms with E-state index in [0.717, 1.165) is 16.4 Å². The van der Waals surface area contributed by atoms with Crippen LogP contribution in [0.2, 0.25) is 0 Å². The number of hydrogen-bond donors (Lipinski definition) is 1. The predicted octanol–water partition coefficient (Wildman–Crippen LogP) is 4.05. The quantitative estimate of drug-likeness (QED) is 0.594. The van der Waals surface area contributed by atoms with Crippen LogP contribution in [-0.2, 0) is 16.6 Å². The van der Waals surface area contributed by atoms with Gasteiger partial charge in [0.15, 0.2) is 0 Å². The fourth-order valence-electron chi connectivity index (χ4n) is 2.94. The number of ether oxygens (including phenoxy) is 1. The molecule has 0 fully saturated rings. The van der Waals surface area contributed by atoms with E-state index in [1.54, 1.807) is 18.2 Å². The number of sulfonamides is 1. The molecular weight excluding hydrogens is 426 g/mol. The molecule has 6 nitrogen and oxygen atoms in total. The zero-order chi connectivity index (χ0) is 22.6. The highest BCUT2D eigenvalue weighted by Crippen LogP contribution is 2.25. The molecule has 0 radical (unpaired) electrons. The lowest BCUT2D eigenvalue weighted by Gasteiger charge is -2.19. The standard InChI is InChI=1S/C22H20F2N2O4S/c1-26(31(28,29)17-7-4-3-5-8-17)14-16-13-15(11-12-20(16)30-2)22(27)25-21-18(23)9-6-10-19(21)24/h3-13H,14H2,1-2H3,(H,25,27). The Hall–Kier alpha value is -3.30. The first-order valence-electron chi connectivity index (χ1n) is 9.17. The number of para-hydroxylation sites is 1. The van der Waals surface area contributed by atoms with Gasteiger partial charge in [-0.2, -0.15) is 4.31 Å². The van der Waals surface area contributed by atoms with Crippen molar-refractivity contribution in [3.8, 4) is 5.75 Å². The second-order valence-electron chi connectivity index (χ2n) is 6.65. The second kappa shape index (κ2) is 9.23. The molecule has 3 aromatic rings. The van der Waals surface area contributed by atoms with E-state index in [-0.39, 0.29) is 17.0 Å². The first-order valence-corrected chi connectivity index (χ1v) is 10.6. The number of hydrogen-bond acceptors (Lipinski definition) is 4. The third kappa shape index (κ3) is 4.89. The van der Waals surface area contributed by atoms with Gasteiger partial charge in [0.2, 0.25) is 10.0 Å². The predicted molar refractivity (Wildman–Crippen MR) is 112 cm³/mol. The van der Waals surface area contributed by atoms with E-state index in [1.165, 1.54) is 50.6 Å². The molecule has 0 aliphatic carbocycles. The number of carbonyl (C=O) groups is 1. The molecular formula is C22H20F2N2O4S. The maximum Gasteiger partial charge on any atom is 0.255 e. The zero-order valence-electron chi connectivity index (χ0n) is 16.8. The molecule has 1 amide bonds. The van der Waals surface area contributed by atoms with Crippen molar-refractivity contribution in [3.05, 3.63) is 89.5 Å². The molecule has 9 heteroatoms. The lowest BCUT2D eigenvalue weighted by molar-refractivity contribution is 0.102. The van der Waals surface area contributed by atoms with Gasteiger partial charge in [-0.05, 0) is 42.5 Å². The van der Waals surface area contributed by atoms with Gasteiger partial charge < -0.3 is 10.1 Å². The van der Waals surface area contributed by atoms with Gasteiger partial charge in [0, 0.05) is 24.7 Å². The number of nitrogens with one attached hydrogen (secondary N) is 1. The van der Waals surface area contributed by atoms with Gasteiger partial charge in [-0.3, -0.25) is 4.79 Å². The SMILES string of the molecule is COc1ccc(C(=O)Nc2c(F)cccc2F)cc1CN(C)S(=O)(=O)c1ccccc1. The molecule has 0 bridgehead atoms. The molecule has 3 rings (SSSR count). The van der Waals surface area contributed by atoms with Crippen LogP contribution in [0.1, 0.15) is 15.9 Å². The van der Waals surface area contributed by atoms with Crippen LogP contribution in [-0.4, -0.2) is 32.8 Å². The Bertz CT molecular complexity index is 1180. The minimum absolute atomic E-state index is 0.0870. The minimum Gasteiger partial charge on any atom is -0.496 e. The summed E-state index contributed by atoms with van der Waals surface area (Å²) in [5.41, 5.74) is -0.0660. The van der Waals surface area contributed by atoms with Crippen molar-refractivity contribution in [1.29, 1.82) is 0 Å². The molecule has 162 valence electrons. The average Bonchev–Trinajstić information content (AvgIpc) is 2.76. The van der Waals surface area contributed by atoms with E-state index in [0.29, 0.717) is 11.3 Å². The van der Waals surface area contributed by atoms with Crippen molar-refractivity contribution in [2.24, 2.45) is 0 Å². The Morgan fingerprint density at radius 3 is 2.26 bits per heavy atom. The Labute approximate surface area is 179 Å². The smallest absolute Gasteiger partial charge is 0.255 e.